The Bertz CT molecular complexity index is 758. The predicted octanol–water partition coefficient (Wildman–Crippen LogP) is 12.2. The van der Waals surface area contributed by atoms with E-state index in [4.69, 9.17) is 10.7 Å². The number of hydrogen-bond donors (Lipinski definition) is 2. The molecule has 0 aromatic carbocycles. The smallest absolute Gasteiger partial charge is 0.136 e. The Labute approximate surface area is 287 Å². The van der Waals surface area contributed by atoms with Gasteiger partial charge in [0, 0.05) is 24.8 Å². The quantitative estimate of drug-likeness (QED) is 0.0534. The van der Waals surface area contributed by atoms with Crippen molar-refractivity contribution >= 4 is 11.6 Å². The SMILES string of the molecule is CCCCCCCC/C=C\CCCCCCCC(=O)C(CCN)CC(CCCCCC/C=C\CCCCCCCC)C1=NCCN1. The number of carbonyl (C=O) groups excluding carboxylic acids is 1. The normalized spacial score (nSPS) is 14.7. The number of allylic oxidation sites excluding steroid dienone is 4. The lowest BCUT2D eigenvalue weighted by molar-refractivity contribution is -0.123. The summed E-state index contributed by atoms with van der Waals surface area (Å²) in [5, 5.41) is 3.54. The molecule has 0 saturated carbocycles. The number of unbranched alkanes of at least 4 members (excludes halogenated alkanes) is 21. The summed E-state index contributed by atoms with van der Waals surface area (Å²) in [7, 11) is 0. The first kappa shape index (κ1) is 42.6. The Hall–Kier alpha value is -1.42. The maximum atomic E-state index is 13.3. The number of nitrogens with one attached hydrogen (secondary N) is 1. The first-order chi connectivity index (χ1) is 22.7. The van der Waals surface area contributed by atoms with Gasteiger partial charge in [-0.05, 0) is 83.6 Å². The third-order valence-electron chi connectivity index (χ3n) is 9.88. The molecule has 268 valence electrons. The molecule has 3 N–H and O–H groups in total. The Morgan fingerprint density at radius 3 is 1.57 bits per heavy atom. The monoisotopic (exact) mass is 642 g/mol. The summed E-state index contributed by atoms with van der Waals surface area (Å²) in [5.74, 6) is 2.08. The molecule has 0 fully saturated rings. The largest absolute Gasteiger partial charge is 0.372 e. The van der Waals surface area contributed by atoms with E-state index in [1.165, 1.54) is 154 Å². The highest BCUT2D eigenvalue weighted by Crippen LogP contribution is 2.26. The Morgan fingerprint density at radius 1 is 0.652 bits per heavy atom. The van der Waals surface area contributed by atoms with Gasteiger partial charge in [-0.25, -0.2) is 0 Å². The standard InChI is InChI=1S/C42H79N3O/c1-3-5-7-9-11-13-15-17-19-21-23-25-27-29-31-33-41(46)39(34-35-43)38-40(42-44-36-37-45-42)32-30-28-26-24-22-20-18-16-14-12-10-8-6-4-2/h17-20,39-40H,3-16,21-38,43H2,1-2H3,(H,44,45)/b19-17-,20-18-. The molecule has 1 heterocycles. The van der Waals surface area contributed by atoms with Crippen molar-refractivity contribution in [2.45, 2.75) is 200 Å². The van der Waals surface area contributed by atoms with Crippen LogP contribution in [0.3, 0.4) is 0 Å². The predicted molar refractivity (Wildman–Crippen MR) is 205 cm³/mol. The molecule has 4 heteroatoms. The first-order valence-electron chi connectivity index (χ1n) is 20.5. The van der Waals surface area contributed by atoms with Gasteiger partial charge in [0.05, 0.1) is 12.4 Å². The highest BCUT2D eigenvalue weighted by molar-refractivity contribution is 5.87. The lowest BCUT2D eigenvalue weighted by Gasteiger charge is -2.23. The second kappa shape index (κ2) is 33.5. The van der Waals surface area contributed by atoms with Gasteiger partial charge < -0.3 is 11.1 Å². The summed E-state index contributed by atoms with van der Waals surface area (Å²) in [6, 6.07) is 0. The van der Waals surface area contributed by atoms with Gasteiger partial charge in [0.1, 0.15) is 5.78 Å². The fraction of sp³-hybridized carbons (Fsp3) is 0.857. The van der Waals surface area contributed by atoms with Crippen molar-refractivity contribution in [3.63, 3.8) is 0 Å². The van der Waals surface area contributed by atoms with Gasteiger partial charge in [0.2, 0.25) is 0 Å². The lowest BCUT2D eigenvalue weighted by atomic mass is 9.83. The molecule has 2 unspecified atom stereocenters. The minimum atomic E-state index is 0.0914. The van der Waals surface area contributed by atoms with E-state index in [1.54, 1.807) is 0 Å². The van der Waals surface area contributed by atoms with Gasteiger partial charge in [-0.2, -0.15) is 0 Å². The van der Waals surface area contributed by atoms with E-state index in [2.05, 4.69) is 43.5 Å². The summed E-state index contributed by atoms with van der Waals surface area (Å²) in [5.41, 5.74) is 6.00. The molecule has 0 aromatic rings. The van der Waals surface area contributed by atoms with Crippen LogP contribution in [0.4, 0.5) is 0 Å². The van der Waals surface area contributed by atoms with Crippen LogP contribution in [0.25, 0.3) is 0 Å². The van der Waals surface area contributed by atoms with Crippen molar-refractivity contribution in [1.29, 1.82) is 0 Å². The number of nitrogens with zero attached hydrogens (tertiary/aromatic N) is 1. The zero-order chi connectivity index (χ0) is 33.2. The second-order valence-electron chi connectivity index (χ2n) is 14.2. The number of aliphatic imine (C=N–C) groups is 1. The molecule has 4 nitrogen and oxygen atoms in total. The van der Waals surface area contributed by atoms with Crippen molar-refractivity contribution in [3.8, 4) is 0 Å². The molecular weight excluding hydrogens is 562 g/mol. The van der Waals surface area contributed by atoms with E-state index >= 15 is 0 Å². The van der Waals surface area contributed by atoms with Crippen molar-refractivity contribution < 1.29 is 4.79 Å². The number of Topliss-reactive ketones (excluding diaryl/α,β-unsaturated/α-hetero) is 1. The maximum absolute atomic E-state index is 13.3. The number of ketones is 1. The third-order valence-corrected chi connectivity index (χ3v) is 9.88. The average molecular weight is 642 g/mol. The molecule has 1 aliphatic heterocycles. The summed E-state index contributed by atoms with van der Waals surface area (Å²) in [6.07, 6.45) is 45.8. The zero-order valence-electron chi connectivity index (χ0n) is 31.0. The first-order valence-corrected chi connectivity index (χ1v) is 20.5. The van der Waals surface area contributed by atoms with E-state index in [0.717, 1.165) is 51.0 Å². The summed E-state index contributed by atoms with van der Waals surface area (Å²) in [6.45, 7) is 6.99. The number of hydrogen-bond acceptors (Lipinski definition) is 4. The second-order valence-corrected chi connectivity index (χ2v) is 14.2. The van der Waals surface area contributed by atoms with Crippen molar-refractivity contribution in [2.24, 2.45) is 22.6 Å². The van der Waals surface area contributed by atoms with Crippen LogP contribution >= 0.6 is 0 Å². The van der Waals surface area contributed by atoms with Gasteiger partial charge in [-0.3, -0.25) is 9.79 Å². The number of amidine groups is 1. The van der Waals surface area contributed by atoms with E-state index in [9.17, 15) is 4.79 Å². The molecule has 0 aromatic heterocycles. The molecule has 0 aliphatic carbocycles. The Balaban J connectivity index is 2.20. The van der Waals surface area contributed by atoms with Crippen LogP contribution in [-0.4, -0.2) is 31.3 Å². The topological polar surface area (TPSA) is 67.5 Å². The summed E-state index contributed by atoms with van der Waals surface area (Å²) in [4.78, 5) is 18.1. The van der Waals surface area contributed by atoms with E-state index in [1.807, 2.05) is 0 Å². The van der Waals surface area contributed by atoms with E-state index in [-0.39, 0.29) is 5.92 Å². The van der Waals surface area contributed by atoms with Crippen LogP contribution in [-0.2, 0) is 4.79 Å². The Morgan fingerprint density at radius 2 is 1.11 bits per heavy atom. The highest BCUT2D eigenvalue weighted by Gasteiger charge is 2.26. The number of nitrogens with two attached hydrogens (primary N) is 1. The van der Waals surface area contributed by atoms with Gasteiger partial charge >= 0.3 is 0 Å². The Kier molecular flexibility index (Phi) is 31.0. The highest BCUT2D eigenvalue weighted by atomic mass is 16.1. The molecule has 1 rings (SSSR count). The summed E-state index contributed by atoms with van der Waals surface area (Å²) >= 11 is 0. The minimum absolute atomic E-state index is 0.0914. The average Bonchev–Trinajstić information content (AvgIpc) is 3.61. The van der Waals surface area contributed by atoms with Crippen LogP contribution < -0.4 is 11.1 Å². The minimum Gasteiger partial charge on any atom is -0.372 e. The maximum Gasteiger partial charge on any atom is 0.136 e. The molecule has 0 bridgehead atoms. The molecular formula is C42H79N3O. The third kappa shape index (κ3) is 25.6. The van der Waals surface area contributed by atoms with Gasteiger partial charge in [-0.15, -0.1) is 0 Å². The fourth-order valence-electron chi connectivity index (χ4n) is 6.87. The van der Waals surface area contributed by atoms with Crippen molar-refractivity contribution in [2.75, 3.05) is 19.6 Å². The van der Waals surface area contributed by atoms with Crippen LogP contribution in [0, 0.1) is 11.8 Å². The molecule has 0 radical (unpaired) electrons. The van der Waals surface area contributed by atoms with Crippen LogP contribution in [0.5, 0.6) is 0 Å². The number of rotatable bonds is 35. The molecule has 46 heavy (non-hydrogen) atoms. The fourth-order valence-corrected chi connectivity index (χ4v) is 6.87. The lowest BCUT2D eigenvalue weighted by Crippen LogP contribution is -2.31. The van der Waals surface area contributed by atoms with Crippen molar-refractivity contribution in [1.82, 2.24) is 5.32 Å². The van der Waals surface area contributed by atoms with Gasteiger partial charge in [0.15, 0.2) is 0 Å². The van der Waals surface area contributed by atoms with Crippen molar-refractivity contribution in [3.05, 3.63) is 24.3 Å². The molecule has 0 amide bonds. The molecule has 0 saturated heterocycles. The molecule has 2 atom stereocenters. The van der Waals surface area contributed by atoms with Crippen LogP contribution in [0.15, 0.2) is 29.3 Å². The zero-order valence-corrected chi connectivity index (χ0v) is 31.0. The van der Waals surface area contributed by atoms with Crippen LogP contribution in [0.1, 0.15) is 200 Å². The van der Waals surface area contributed by atoms with E-state index in [0.29, 0.717) is 18.2 Å². The van der Waals surface area contributed by atoms with Crippen LogP contribution in [0.2, 0.25) is 0 Å². The van der Waals surface area contributed by atoms with Gasteiger partial charge in [0.25, 0.3) is 0 Å². The number of carbonyl (C=O) groups is 1. The summed E-state index contributed by atoms with van der Waals surface area (Å²) < 4.78 is 0. The van der Waals surface area contributed by atoms with Gasteiger partial charge in [-0.1, -0.05) is 141 Å². The van der Waals surface area contributed by atoms with E-state index < -0.39 is 0 Å². The molecule has 1 aliphatic rings. The molecule has 0 spiro atoms.